The van der Waals surface area contributed by atoms with Crippen LogP contribution in [0.5, 0.6) is 0 Å². The molecule has 0 aromatic carbocycles. The summed E-state index contributed by atoms with van der Waals surface area (Å²) in [5.41, 5.74) is 1.90. The van der Waals surface area contributed by atoms with E-state index in [1.807, 2.05) is 13.0 Å². The first-order valence-electron chi connectivity index (χ1n) is 5.11. The minimum Gasteiger partial charge on any atom is -0.411 e. The van der Waals surface area contributed by atoms with Crippen molar-refractivity contribution in [2.24, 2.45) is 5.16 Å². The molecule has 1 rings (SSSR count). The molecule has 82 valence electrons. The van der Waals surface area contributed by atoms with Gasteiger partial charge in [0.15, 0.2) is 0 Å². The molecular formula is C11H17N3O. The highest BCUT2D eigenvalue weighted by Gasteiger charge is 2.05. The third-order valence-corrected chi connectivity index (χ3v) is 2.42. The summed E-state index contributed by atoms with van der Waals surface area (Å²) in [5.74, 6) is 0.965. The Morgan fingerprint density at radius 1 is 1.47 bits per heavy atom. The lowest BCUT2D eigenvalue weighted by molar-refractivity contribution is 0.322. The van der Waals surface area contributed by atoms with Crippen LogP contribution in [-0.2, 0) is 0 Å². The molecule has 0 aliphatic rings. The second-order valence-electron chi connectivity index (χ2n) is 3.32. The van der Waals surface area contributed by atoms with Gasteiger partial charge in [0.1, 0.15) is 5.82 Å². The van der Waals surface area contributed by atoms with Gasteiger partial charge in [-0.1, -0.05) is 5.16 Å². The van der Waals surface area contributed by atoms with E-state index in [4.69, 9.17) is 5.21 Å². The van der Waals surface area contributed by atoms with Gasteiger partial charge in [-0.25, -0.2) is 4.98 Å². The smallest absolute Gasteiger partial charge is 0.128 e. The van der Waals surface area contributed by atoms with Crippen LogP contribution >= 0.6 is 0 Å². The Morgan fingerprint density at radius 3 is 2.60 bits per heavy atom. The summed E-state index contributed by atoms with van der Waals surface area (Å²) in [5, 5.41) is 11.4. The first-order valence-corrected chi connectivity index (χ1v) is 5.11. The van der Waals surface area contributed by atoms with Gasteiger partial charge in [-0.3, -0.25) is 0 Å². The van der Waals surface area contributed by atoms with E-state index in [1.165, 1.54) is 6.21 Å². The summed E-state index contributed by atoms with van der Waals surface area (Å²) < 4.78 is 0. The van der Waals surface area contributed by atoms with Crippen LogP contribution in [0.15, 0.2) is 17.4 Å². The molecule has 1 aromatic rings. The monoisotopic (exact) mass is 207 g/mol. The van der Waals surface area contributed by atoms with Gasteiger partial charge in [-0.05, 0) is 32.4 Å². The predicted molar refractivity (Wildman–Crippen MR) is 61.9 cm³/mol. The second-order valence-corrected chi connectivity index (χ2v) is 3.32. The molecule has 0 bridgehead atoms. The van der Waals surface area contributed by atoms with Gasteiger partial charge in [0.2, 0.25) is 0 Å². The van der Waals surface area contributed by atoms with E-state index in [0.717, 1.165) is 30.0 Å². The largest absolute Gasteiger partial charge is 0.411 e. The Balaban J connectivity index is 2.99. The van der Waals surface area contributed by atoms with Crippen LogP contribution < -0.4 is 4.90 Å². The van der Waals surface area contributed by atoms with Gasteiger partial charge in [0.25, 0.3) is 0 Å². The fraction of sp³-hybridized carbons (Fsp3) is 0.455. The molecule has 0 unspecified atom stereocenters. The Kier molecular flexibility index (Phi) is 4.09. The molecule has 1 N–H and O–H groups in total. The van der Waals surface area contributed by atoms with Crippen molar-refractivity contribution in [2.45, 2.75) is 20.8 Å². The number of anilines is 1. The van der Waals surface area contributed by atoms with Crippen LogP contribution in [0.1, 0.15) is 25.0 Å². The highest BCUT2D eigenvalue weighted by atomic mass is 16.4. The third kappa shape index (κ3) is 2.68. The fourth-order valence-electron chi connectivity index (χ4n) is 1.47. The standard InChI is InChI=1S/C11H17N3O/c1-4-14(5-2)11-6-9(3)10(7-12-11)8-13-15/h6-8,15H,4-5H2,1-3H3/b13-8+. The molecule has 0 radical (unpaired) electrons. The number of aromatic nitrogens is 1. The highest BCUT2D eigenvalue weighted by molar-refractivity contribution is 5.81. The number of pyridine rings is 1. The lowest BCUT2D eigenvalue weighted by Gasteiger charge is -2.20. The SMILES string of the molecule is CCN(CC)c1cc(C)c(/C=N/O)cn1. The van der Waals surface area contributed by atoms with Crippen molar-refractivity contribution in [2.75, 3.05) is 18.0 Å². The van der Waals surface area contributed by atoms with E-state index in [-0.39, 0.29) is 0 Å². The Bertz CT molecular complexity index is 346. The topological polar surface area (TPSA) is 48.7 Å². The van der Waals surface area contributed by atoms with Crippen molar-refractivity contribution in [1.29, 1.82) is 0 Å². The molecule has 0 aliphatic carbocycles. The molecule has 4 heteroatoms. The maximum atomic E-state index is 8.45. The Hall–Kier alpha value is -1.58. The second kappa shape index (κ2) is 5.34. The lowest BCUT2D eigenvalue weighted by atomic mass is 10.2. The van der Waals surface area contributed by atoms with E-state index in [1.54, 1.807) is 6.20 Å². The molecule has 0 atom stereocenters. The maximum Gasteiger partial charge on any atom is 0.128 e. The van der Waals surface area contributed by atoms with E-state index in [0.29, 0.717) is 0 Å². The molecule has 0 saturated heterocycles. The van der Waals surface area contributed by atoms with Crippen LogP contribution in [-0.4, -0.2) is 29.5 Å². The molecular weight excluding hydrogens is 190 g/mol. The van der Waals surface area contributed by atoms with Crippen molar-refractivity contribution >= 4 is 12.0 Å². The Labute approximate surface area is 90.2 Å². The van der Waals surface area contributed by atoms with Crippen LogP contribution in [0.25, 0.3) is 0 Å². The molecule has 4 nitrogen and oxygen atoms in total. The van der Waals surface area contributed by atoms with E-state index in [9.17, 15) is 0 Å². The van der Waals surface area contributed by atoms with Gasteiger partial charge in [-0.15, -0.1) is 0 Å². The predicted octanol–water partition coefficient (Wildman–Crippen LogP) is 2.04. The summed E-state index contributed by atoms with van der Waals surface area (Å²) in [4.78, 5) is 6.50. The lowest BCUT2D eigenvalue weighted by Crippen LogP contribution is -2.23. The van der Waals surface area contributed by atoms with E-state index >= 15 is 0 Å². The summed E-state index contributed by atoms with van der Waals surface area (Å²) in [6.07, 6.45) is 3.12. The van der Waals surface area contributed by atoms with Gasteiger partial charge < -0.3 is 10.1 Å². The third-order valence-electron chi connectivity index (χ3n) is 2.42. The van der Waals surface area contributed by atoms with Crippen LogP contribution in [0, 0.1) is 6.92 Å². The van der Waals surface area contributed by atoms with Crippen LogP contribution in [0.4, 0.5) is 5.82 Å². The van der Waals surface area contributed by atoms with Gasteiger partial charge in [0.05, 0.1) is 6.21 Å². The number of oxime groups is 1. The molecule has 1 heterocycles. The zero-order valence-electron chi connectivity index (χ0n) is 9.44. The minimum atomic E-state index is 0.841. The minimum absolute atomic E-state index is 0.841. The molecule has 0 fully saturated rings. The fourth-order valence-corrected chi connectivity index (χ4v) is 1.47. The average Bonchev–Trinajstić information content (AvgIpc) is 2.24. The first-order chi connectivity index (χ1) is 7.22. The number of hydrogen-bond donors (Lipinski definition) is 1. The molecule has 0 saturated carbocycles. The molecule has 0 amide bonds. The number of hydrogen-bond acceptors (Lipinski definition) is 4. The van der Waals surface area contributed by atoms with Crippen LogP contribution in [0.3, 0.4) is 0 Å². The Morgan fingerprint density at radius 2 is 2.13 bits per heavy atom. The molecule has 15 heavy (non-hydrogen) atoms. The quantitative estimate of drug-likeness (QED) is 0.467. The zero-order valence-corrected chi connectivity index (χ0v) is 9.44. The summed E-state index contributed by atoms with van der Waals surface area (Å²) in [6.45, 7) is 8.06. The van der Waals surface area contributed by atoms with Crippen molar-refractivity contribution in [3.8, 4) is 0 Å². The highest BCUT2D eigenvalue weighted by Crippen LogP contribution is 2.14. The number of aryl methyl sites for hydroxylation is 1. The van der Waals surface area contributed by atoms with Gasteiger partial charge in [-0.2, -0.15) is 0 Å². The van der Waals surface area contributed by atoms with Crippen molar-refractivity contribution in [3.05, 3.63) is 23.4 Å². The van der Waals surface area contributed by atoms with Crippen molar-refractivity contribution in [3.63, 3.8) is 0 Å². The summed E-state index contributed by atoms with van der Waals surface area (Å²) in [7, 11) is 0. The maximum absolute atomic E-state index is 8.45. The van der Waals surface area contributed by atoms with E-state index in [2.05, 4.69) is 28.9 Å². The summed E-state index contributed by atoms with van der Waals surface area (Å²) in [6, 6.07) is 2.00. The molecule has 1 aromatic heterocycles. The molecule has 0 aliphatic heterocycles. The number of nitrogens with zero attached hydrogens (tertiary/aromatic N) is 3. The number of rotatable bonds is 4. The van der Waals surface area contributed by atoms with Crippen molar-refractivity contribution in [1.82, 2.24) is 4.98 Å². The van der Waals surface area contributed by atoms with Crippen LogP contribution in [0.2, 0.25) is 0 Å². The zero-order chi connectivity index (χ0) is 11.3. The summed E-state index contributed by atoms with van der Waals surface area (Å²) >= 11 is 0. The average molecular weight is 207 g/mol. The normalized spacial score (nSPS) is 10.9. The van der Waals surface area contributed by atoms with Gasteiger partial charge in [0, 0.05) is 24.8 Å². The molecule has 0 spiro atoms. The van der Waals surface area contributed by atoms with E-state index < -0.39 is 0 Å². The van der Waals surface area contributed by atoms with Gasteiger partial charge >= 0.3 is 0 Å². The van der Waals surface area contributed by atoms with Crippen molar-refractivity contribution < 1.29 is 5.21 Å². The first kappa shape index (κ1) is 11.5.